The molecule has 0 fully saturated rings. The maximum atomic E-state index is 6.22. The lowest BCUT2D eigenvalue weighted by Crippen LogP contribution is -2.35. The Balaban J connectivity index is 0.000000851. The number of aromatic amines is 1. The lowest BCUT2D eigenvalue weighted by Gasteiger charge is -2.28. The summed E-state index contributed by atoms with van der Waals surface area (Å²) >= 11 is 0. The summed E-state index contributed by atoms with van der Waals surface area (Å²) < 4.78 is 0. The Kier molecular flexibility index (Phi) is 18.8. The van der Waals surface area contributed by atoms with Gasteiger partial charge in [-0.15, -0.1) is 6.58 Å². The fourth-order valence-corrected chi connectivity index (χ4v) is 3.58. The van der Waals surface area contributed by atoms with E-state index >= 15 is 0 Å². The number of hydrogen-bond acceptors (Lipinski definition) is 3. The Morgan fingerprint density at radius 2 is 1.64 bits per heavy atom. The van der Waals surface area contributed by atoms with E-state index in [1.165, 1.54) is 16.7 Å². The lowest BCUT2D eigenvalue weighted by molar-refractivity contribution is 0.487. The van der Waals surface area contributed by atoms with Crippen molar-refractivity contribution in [1.82, 2.24) is 9.97 Å². The van der Waals surface area contributed by atoms with Crippen LogP contribution < -0.4 is 11.1 Å². The second kappa shape index (κ2) is 20.6. The quantitative estimate of drug-likeness (QED) is 0.216. The molecular formula is C35H54N4. The maximum Gasteiger partial charge on any atom is 0.127 e. The zero-order valence-corrected chi connectivity index (χ0v) is 25.7. The molecule has 0 saturated heterocycles. The van der Waals surface area contributed by atoms with Crippen LogP contribution >= 0.6 is 0 Å². The van der Waals surface area contributed by atoms with Crippen molar-refractivity contribution in [1.29, 1.82) is 0 Å². The molecular weight excluding hydrogens is 476 g/mol. The lowest BCUT2D eigenvalue weighted by atomic mass is 9.84. The highest BCUT2D eigenvalue weighted by atomic mass is 15.0. The van der Waals surface area contributed by atoms with Crippen molar-refractivity contribution in [3.63, 3.8) is 0 Å². The van der Waals surface area contributed by atoms with Gasteiger partial charge in [0.05, 0.1) is 12.5 Å². The molecule has 0 radical (unpaired) electrons. The maximum absolute atomic E-state index is 6.22. The standard InChI is InChI=1S/C21H30N4.C9H12.C3H6.C2H6/c1-16(21(3,4)22)13-19(17(2)25-20-14-23-15-24-20)12-8-11-18-9-6-5-7-10-18;1-3-9-6-4-8(2)5-7-9;1-3-2;1-2/h5-7,9-10,14-15,19,25H,1-2,8,11-13,22H2,3-4H3,(H,23,24);4-7H,3H2,1-2H3;3H,1H2,2H3;1-2H3. The minimum absolute atomic E-state index is 0.280. The molecule has 0 aliphatic rings. The normalized spacial score (nSPS) is 10.8. The molecule has 1 aromatic heterocycles. The average molecular weight is 531 g/mol. The Morgan fingerprint density at radius 1 is 1.05 bits per heavy atom. The van der Waals surface area contributed by atoms with Crippen LogP contribution in [-0.4, -0.2) is 15.5 Å². The summed E-state index contributed by atoms with van der Waals surface area (Å²) in [4.78, 5) is 7.10. The summed E-state index contributed by atoms with van der Waals surface area (Å²) in [5.74, 6) is 1.14. The van der Waals surface area contributed by atoms with Gasteiger partial charge in [-0.1, -0.05) is 106 Å². The van der Waals surface area contributed by atoms with E-state index in [0.29, 0.717) is 0 Å². The molecule has 0 spiro atoms. The zero-order valence-electron chi connectivity index (χ0n) is 25.7. The summed E-state index contributed by atoms with van der Waals surface area (Å²) in [7, 11) is 0. The zero-order chi connectivity index (χ0) is 29.7. The van der Waals surface area contributed by atoms with Gasteiger partial charge in [0.15, 0.2) is 0 Å². The highest BCUT2D eigenvalue weighted by Gasteiger charge is 2.21. The number of allylic oxidation sites excluding steroid dienone is 2. The molecule has 4 N–H and O–H groups in total. The third kappa shape index (κ3) is 16.3. The van der Waals surface area contributed by atoms with Gasteiger partial charge in [-0.05, 0) is 70.9 Å². The van der Waals surface area contributed by atoms with Crippen molar-refractivity contribution >= 4 is 5.82 Å². The van der Waals surface area contributed by atoms with E-state index < -0.39 is 0 Å². The van der Waals surface area contributed by atoms with Crippen LogP contribution in [-0.2, 0) is 12.8 Å². The first-order chi connectivity index (χ1) is 18.6. The van der Waals surface area contributed by atoms with E-state index in [0.717, 1.165) is 49.2 Å². The van der Waals surface area contributed by atoms with Crippen LogP contribution in [0.1, 0.15) is 77.5 Å². The molecule has 39 heavy (non-hydrogen) atoms. The highest BCUT2D eigenvalue weighted by molar-refractivity contribution is 5.39. The van der Waals surface area contributed by atoms with E-state index in [1.807, 2.05) is 34.6 Å². The fourth-order valence-electron chi connectivity index (χ4n) is 3.58. The topological polar surface area (TPSA) is 66.7 Å². The predicted octanol–water partition coefficient (Wildman–Crippen LogP) is 9.43. The molecule has 3 aromatic rings. The van der Waals surface area contributed by atoms with Gasteiger partial charge >= 0.3 is 0 Å². The Bertz CT molecular complexity index is 1030. The van der Waals surface area contributed by atoms with E-state index in [9.17, 15) is 0 Å². The molecule has 4 nitrogen and oxygen atoms in total. The molecule has 1 atom stereocenters. The molecule has 0 aliphatic heterocycles. The summed E-state index contributed by atoms with van der Waals surface area (Å²) in [6.07, 6.45) is 10.3. The van der Waals surface area contributed by atoms with Gasteiger partial charge in [0.1, 0.15) is 5.82 Å². The smallest absolute Gasteiger partial charge is 0.127 e. The number of benzene rings is 2. The van der Waals surface area contributed by atoms with Gasteiger partial charge in [-0.3, -0.25) is 0 Å². The van der Waals surface area contributed by atoms with Crippen LogP contribution in [0.25, 0.3) is 0 Å². The van der Waals surface area contributed by atoms with Gasteiger partial charge in [0.25, 0.3) is 0 Å². The molecule has 3 rings (SSSR count). The van der Waals surface area contributed by atoms with Crippen molar-refractivity contribution in [3.05, 3.63) is 121 Å². The largest absolute Gasteiger partial charge is 0.344 e. The van der Waals surface area contributed by atoms with Crippen molar-refractivity contribution in [3.8, 4) is 0 Å². The molecule has 214 valence electrons. The molecule has 0 amide bonds. The SMILES string of the molecule is C=C(Nc1cnc[nH]1)C(CCCc1ccccc1)CC(=C)C(C)(C)N.C=CC.CC.CCc1ccc(C)cc1. The third-order valence-electron chi connectivity index (χ3n) is 6.08. The van der Waals surface area contributed by atoms with E-state index in [1.54, 1.807) is 18.6 Å². The highest BCUT2D eigenvalue weighted by Crippen LogP contribution is 2.28. The summed E-state index contributed by atoms with van der Waals surface area (Å²) in [6.45, 7) is 26.0. The fraction of sp³-hybridized carbons (Fsp3) is 0.400. The summed E-state index contributed by atoms with van der Waals surface area (Å²) in [6, 6.07) is 19.2. The van der Waals surface area contributed by atoms with Crippen molar-refractivity contribution in [2.45, 2.75) is 86.1 Å². The number of nitrogens with two attached hydrogens (primary N) is 1. The number of hydrogen-bond donors (Lipinski definition) is 3. The second-order valence-electron chi connectivity index (χ2n) is 9.97. The van der Waals surface area contributed by atoms with Crippen molar-refractivity contribution < 1.29 is 0 Å². The van der Waals surface area contributed by atoms with Crippen molar-refractivity contribution in [2.75, 3.05) is 5.32 Å². The predicted molar refractivity (Wildman–Crippen MR) is 174 cm³/mol. The Labute approximate surface area is 239 Å². The van der Waals surface area contributed by atoms with E-state index in [4.69, 9.17) is 5.73 Å². The first-order valence-corrected chi connectivity index (χ1v) is 14.2. The summed E-state index contributed by atoms with van der Waals surface area (Å²) in [5.41, 5.74) is 12.0. The first-order valence-electron chi connectivity index (χ1n) is 14.2. The van der Waals surface area contributed by atoms with Gasteiger partial charge < -0.3 is 16.0 Å². The summed E-state index contributed by atoms with van der Waals surface area (Å²) in [5, 5.41) is 3.33. The molecule has 2 aromatic carbocycles. The number of nitrogens with one attached hydrogen (secondary N) is 2. The van der Waals surface area contributed by atoms with Gasteiger partial charge in [0, 0.05) is 17.2 Å². The molecule has 4 heteroatoms. The number of nitrogens with zero attached hydrogens (tertiary/aromatic N) is 1. The van der Waals surface area contributed by atoms with Gasteiger partial charge in [-0.25, -0.2) is 4.98 Å². The van der Waals surface area contributed by atoms with E-state index in [2.05, 4.69) is 103 Å². The minimum atomic E-state index is -0.383. The number of rotatable bonds is 11. The van der Waals surface area contributed by atoms with Crippen LogP contribution in [0.2, 0.25) is 0 Å². The molecule has 0 saturated carbocycles. The van der Waals surface area contributed by atoms with Crippen LogP contribution in [0.4, 0.5) is 5.82 Å². The van der Waals surface area contributed by atoms with E-state index in [-0.39, 0.29) is 11.5 Å². The van der Waals surface area contributed by atoms with Gasteiger partial charge in [0.2, 0.25) is 0 Å². The Morgan fingerprint density at radius 3 is 2.13 bits per heavy atom. The average Bonchev–Trinajstić information content (AvgIpc) is 3.43. The number of aryl methyl sites for hydroxylation is 3. The Hall–Kier alpha value is -3.37. The number of H-pyrrole nitrogens is 1. The third-order valence-corrected chi connectivity index (χ3v) is 6.08. The van der Waals surface area contributed by atoms with Crippen LogP contribution in [0.3, 0.4) is 0 Å². The molecule has 1 unspecified atom stereocenters. The number of anilines is 1. The molecule has 1 heterocycles. The molecule has 0 aliphatic carbocycles. The first kappa shape index (κ1) is 35.6. The van der Waals surface area contributed by atoms with Gasteiger partial charge in [-0.2, -0.15) is 0 Å². The van der Waals surface area contributed by atoms with Crippen molar-refractivity contribution in [2.24, 2.45) is 11.7 Å². The molecule has 0 bridgehead atoms. The van der Waals surface area contributed by atoms with Crippen LogP contribution in [0.15, 0.2) is 104 Å². The number of imidazole rings is 1. The van der Waals surface area contributed by atoms with Crippen LogP contribution in [0, 0.1) is 12.8 Å². The minimum Gasteiger partial charge on any atom is -0.344 e. The second-order valence-corrected chi connectivity index (χ2v) is 9.97. The monoisotopic (exact) mass is 530 g/mol. The number of aromatic nitrogens is 2. The van der Waals surface area contributed by atoms with Crippen LogP contribution in [0.5, 0.6) is 0 Å².